The third-order valence-electron chi connectivity index (χ3n) is 1.58. The van der Waals surface area contributed by atoms with E-state index in [9.17, 15) is 0 Å². The van der Waals surface area contributed by atoms with E-state index in [2.05, 4.69) is 44.2 Å². The van der Waals surface area contributed by atoms with Crippen molar-refractivity contribution in [3.63, 3.8) is 0 Å². The smallest absolute Gasteiger partial charge is 0.0812 e. The summed E-state index contributed by atoms with van der Waals surface area (Å²) in [5.74, 6) is 0. The maximum Gasteiger partial charge on any atom is 0.221 e. The van der Waals surface area contributed by atoms with Crippen molar-refractivity contribution < 1.29 is 0 Å². The molecule has 1 rings (SSSR count). The quantitative estimate of drug-likeness (QED) is 0.584. The third kappa shape index (κ3) is 3.60. The lowest BCUT2D eigenvalue weighted by molar-refractivity contribution is 0.676. The molecule has 0 saturated carbocycles. The Labute approximate surface area is 77.1 Å². The van der Waals surface area contributed by atoms with Crippen molar-refractivity contribution in [1.29, 1.82) is 0 Å². The predicted molar refractivity (Wildman–Crippen MR) is 52.7 cm³/mol. The monoisotopic (exact) mass is 162 g/mol. The minimum absolute atomic E-state index is 0.543. The molecule has 0 saturated heterocycles. The molecule has 0 N–H and O–H groups in total. The first-order chi connectivity index (χ1) is 5.08. The molecular formula is C10H15Al. The van der Waals surface area contributed by atoms with E-state index in [1.165, 1.54) is 28.3 Å². The Kier molecular flexibility index (Phi) is 2.76. The van der Waals surface area contributed by atoms with Gasteiger partial charge in [-0.15, -0.1) is 0 Å². The lowest BCUT2D eigenvalue weighted by Gasteiger charge is -2.17. The fourth-order valence-corrected chi connectivity index (χ4v) is 1.62. The van der Waals surface area contributed by atoms with Crippen molar-refractivity contribution in [1.82, 2.24) is 0 Å². The van der Waals surface area contributed by atoms with Gasteiger partial charge in [-0.05, 0) is 12.0 Å². The Morgan fingerprint density at radius 2 is 1.73 bits per heavy atom. The molecule has 1 aromatic carbocycles. The van der Waals surface area contributed by atoms with Gasteiger partial charge < -0.3 is 0 Å². The topological polar surface area (TPSA) is 0 Å². The molecule has 0 bridgehead atoms. The maximum absolute atomic E-state index is 2.33. The van der Waals surface area contributed by atoms with Gasteiger partial charge in [-0.2, -0.15) is 0 Å². The van der Waals surface area contributed by atoms with E-state index in [1.807, 2.05) is 0 Å². The number of rotatable bonds is 2. The summed E-state index contributed by atoms with van der Waals surface area (Å²) in [5, 5.41) is 0. The Balaban J connectivity index is 2.66. The fraction of sp³-hybridized carbons (Fsp3) is 0.400. The molecule has 0 fully saturated rings. The Morgan fingerprint density at radius 3 is 2.18 bits per heavy atom. The van der Waals surface area contributed by atoms with Crippen LogP contribution in [0.2, 0.25) is 4.28 Å². The number of hydrogen-bond donors (Lipinski definition) is 0. The van der Waals surface area contributed by atoms with Crippen LogP contribution in [-0.4, -0.2) is 16.3 Å². The third-order valence-corrected chi connectivity index (χ3v) is 1.93. The van der Waals surface area contributed by atoms with Crippen LogP contribution in [0.3, 0.4) is 0 Å². The van der Waals surface area contributed by atoms with Crippen molar-refractivity contribution in [2.24, 2.45) is 0 Å². The average Bonchev–Trinajstić information content (AvgIpc) is 1.85. The second-order valence-corrected chi connectivity index (χ2v) is 6.93. The molecule has 58 valence electrons. The van der Waals surface area contributed by atoms with E-state index in [1.54, 1.807) is 0 Å². The van der Waals surface area contributed by atoms with Gasteiger partial charge in [0.2, 0.25) is 16.3 Å². The molecule has 0 heterocycles. The predicted octanol–water partition coefficient (Wildman–Crippen LogP) is 2.06. The number of benzene rings is 1. The van der Waals surface area contributed by atoms with Gasteiger partial charge in [0.1, 0.15) is 0 Å². The zero-order valence-electron chi connectivity index (χ0n) is 7.59. The SMILES string of the molecule is C[C](C)([AlH2])Cc1ccccc1. The summed E-state index contributed by atoms with van der Waals surface area (Å²) in [6.45, 7) is 4.65. The first-order valence-corrected chi connectivity index (χ1v) is 5.12. The van der Waals surface area contributed by atoms with Crippen LogP contribution >= 0.6 is 0 Å². The minimum atomic E-state index is 0.543. The van der Waals surface area contributed by atoms with Crippen LogP contribution in [0, 0.1) is 0 Å². The van der Waals surface area contributed by atoms with Gasteiger partial charge in [0.15, 0.2) is 0 Å². The number of hydrogen-bond acceptors (Lipinski definition) is 0. The van der Waals surface area contributed by atoms with E-state index in [0.717, 1.165) is 0 Å². The van der Waals surface area contributed by atoms with Crippen LogP contribution in [0.1, 0.15) is 19.4 Å². The van der Waals surface area contributed by atoms with Gasteiger partial charge in [-0.25, -0.2) is 0 Å². The first kappa shape index (κ1) is 8.85. The average molecular weight is 162 g/mol. The lowest BCUT2D eigenvalue weighted by Crippen LogP contribution is -2.05. The Hall–Kier alpha value is -0.248. The Morgan fingerprint density at radius 1 is 1.18 bits per heavy atom. The van der Waals surface area contributed by atoms with Crippen LogP contribution in [0.4, 0.5) is 0 Å². The normalized spacial score (nSPS) is 11.5. The van der Waals surface area contributed by atoms with E-state index in [0.29, 0.717) is 4.28 Å². The van der Waals surface area contributed by atoms with E-state index in [-0.39, 0.29) is 0 Å². The van der Waals surface area contributed by atoms with Gasteiger partial charge in [-0.3, -0.25) is 0 Å². The molecular weight excluding hydrogens is 147 g/mol. The summed E-state index contributed by atoms with van der Waals surface area (Å²) >= 11 is 1.26. The fourth-order valence-electron chi connectivity index (χ4n) is 1.21. The summed E-state index contributed by atoms with van der Waals surface area (Å²) in [5.41, 5.74) is 1.47. The molecule has 1 heteroatoms. The van der Waals surface area contributed by atoms with E-state index in [4.69, 9.17) is 0 Å². The van der Waals surface area contributed by atoms with Gasteiger partial charge in [0.05, 0.1) is 0 Å². The molecule has 0 unspecified atom stereocenters. The molecule has 0 spiro atoms. The summed E-state index contributed by atoms with van der Waals surface area (Å²) in [6.07, 6.45) is 1.22. The van der Waals surface area contributed by atoms with Crippen LogP contribution in [0.25, 0.3) is 0 Å². The highest BCUT2D eigenvalue weighted by Crippen LogP contribution is 2.23. The zero-order chi connectivity index (χ0) is 8.32. The summed E-state index contributed by atoms with van der Waals surface area (Å²) in [6, 6.07) is 10.7. The van der Waals surface area contributed by atoms with Crippen LogP contribution in [-0.2, 0) is 6.42 Å². The summed E-state index contributed by atoms with van der Waals surface area (Å²) in [7, 11) is 0. The van der Waals surface area contributed by atoms with Crippen molar-refractivity contribution >= 4 is 16.3 Å². The van der Waals surface area contributed by atoms with Crippen molar-refractivity contribution in [2.75, 3.05) is 0 Å². The largest absolute Gasteiger partial charge is 0.221 e. The second kappa shape index (κ2) is 3.43. The molecule has 0 aliphatic carbocycles. The molecule has 0 nitrogen and oxygen atoms in total. The maximum atomic E-state index is 2.33. The highest BCUT2D eigenvalue weighted by atomic mass is 27.0. The minimum Gasteiger partial charge on any atom is -0.0812 e. The second-order valence-electron chi connectivity index (χ2n) is 4.22. The molecule has 0 radical (unpaired) electrons. The molecule has 0 aliphatic rings. The zero-order valence-corrected chi connectivity index (χ0v) is 9.59. The summed E-state index contributed by atoms with van der Waals surface area (Å²) in [4.78, 5) is 0. The van der Waals surface area contributed by atoms with Crippen molar-refractivity contribution in [3.8, 4) is 0 Å². The van der Waals surface area contributed by atoms with Crippen molar-refractivity contribution in [3.05, 3.63) is 35.9 Å². The van der Waals surface area contributed by atoms with Gasteiger partial charge in [-0.1, -0.05) is 48.5 Å². The Bertz CT molecular complexity index is 208. The van der Waals surface area contributed by atoms with Gasteiger partial charge in [0.25, 0.3) is 0 Å². The molecule has 0 atom stereocenters. The first-order valence-electron chi connectivity index (χ1n) is 4.12. The standard InChI is InChI=1S/C10H13.Al.2H/c1-9(2)8-10-6-4-3-5-7-10;;;/h3-7H,8H2,1-2H3;;;. The molecule has 1 aromatic rings. The van der Waals surface area contributed by atoms with Crippen LogP contribution in [0.15, 0.2) is 30.3 Å². The van der Waals surface area contributed by atoms with Crippen LogP contribution < -0.4 is 0 Å². The highest BCUT2D eigenvalue weighted by Gasteiger charge is 2.10. The van der Waals surface area contributed by atoms with Crippen molar-refractivity contribution in [2.45, 2.75) is 24.5 Å². The molecule has 0 amide bonds. The van der Waals surface area contributed by atoms with E-state index < -0.39 is 0 Å². The van der Waals surface area contributed by atoms with Crippen LogP contribution in [0.5, 0.6) is 0 Å². The molecule has 11 heavy (non-hydrogen) atoms. The van der Waals surface area contributed by atoms with E-state index >= 15 is 0 Å². The van der Waals surface area contributed by atoms with Gasteiger partial charge >= 0.3 is 0 Å². The lowest BCUT2D eigenvalue weighted by atomic mass is 10.0. The molecule has 0 aliphatic heterocycles. The van der Waals surface area contributed by atoms with Gasteiger partial charge in [0, 0.05) is 0 Å². The summed E-state index contributed by atoms with van der Waals surface area (Å²) < 4.78 is 0.543. The highest BCUT2D eigenvalue weighted by molar-refractivity contribution is 6.14. The molecule has 0 aromatic heterocycles.